The zero-order valence-electron chi connectivity index (χ0n) is 8.53. The van der Waals surface area contributed by atoms with E-state index in [-0.39, 0.29) is 0 Å². The van der Waals surface area contributed by atoms with Crippen molar-refractivity contribution in [3.05, 3.63) is 35.4 Å². The molecule has 0 aromatic heterocycles. The van der Waals surface area contributed by atoms with Crippen LogP contribution >= 0.6 is 0 Å². The highest BCUT2D eigenvalue weighted by Crippen LogP contribution is 2.05. The van der Waals surface area contributed by atoms with Crippen LogP contribution in [0.1, 0.15) is 29.3 Å². The van der Waals surface area contributed by atoms with Crippen molar-refractivity contribution in [1.29, 1.82) is 0 Å². The fraction of sp³-hybridized carbons (Fsp3) is 0.417. The third-order valence-electron chi connectivity index (χ3n) is 2.07. The van der Waals surface area contributed by atoms with Gasteiger partial charge in [-0.15, -0.1) is 0 Å². The molecule has 0 N–H and O–H groups in total. The fourth-order valence-corrected chi connectivity index (χ4v) is 1.29. The Morgan fingerprint density at radius 1 is 1.29 bits per heavy atom. The zero-order chi connectivity index (χ0) is 10.2. The molecule has 0 amide bonds. The third kappa shape index (κ3) is 3.71. The molecule has 0 unspecified atom stereocenters. The number of hydrogen-bond acceptors (Lipinski definition) is 2. The minimum absolute atomic E-state index is 0.735. The second kappa shape index (κ2) is 6.33. The van der Waals surface area contributed by atoms with E-state index < -0.39 is 0 Å². The minimum atomic E-state index is 0.735. The molecule has 0 atom stereocenters. The quantitative estimate of drug-likeness (QED) is 0.511. The molecule has 0 bridgehead atoms. The molecular weight excluding hydrogens is 176 g/mol. The molecule has 0 saturated carbocycles. The van der Waals surface area contributed by atoms with Crippen LogP contribution in [0, 0.1) is 0 Å². The summed E-state index contributed by atoms with van der Waals surface area (Å²) in [7, 11) is 0. The van der Waals surface area contributed by atoms with Crippen LogP contribution in [0.4, 0.5) is 0 Å². The van der Waals surface area contributed by atoms with Crippen molar-refractivity contribution < 1.29 is 9.53 Å². The number of rotatable bonds is 6. The number of aldehydes is 1. The maximum absolute atomic E-state index is 10.4. The Labute approximate surface area is 84.9 Å². The highest BCUT2D eigenvalue weighted by molar-refractivity contribution is 5.74. The Morgan fingerprint density at radius 2 is 2.00 bits per heavy atom. The van der Waals surface area contributed by atoms with Crippen LogP contribution in [0.5, 0.6) is 0 Å². The lowest BCUT2D eigenvalue weighted by Crippen LogP contribution is -1.95. The van der Waals surface area contributed by atoms with E-state index in [9.17, 15) is 4.79 Å². The topological polar surface area (TPSA) is 26.3 Å². The molecule has 1 aromatic rings. The first-order chi connectivity index (χ1) is 6.86. The van der Waals surface area contributed by atoms with Gasteiger partial charge < -0.3 is 4.74 Å². The van der Waals surface area contributed by atoms with Gasteiger partial charge in [0.1, 0.15) is 6.29 Å². The summed E-state index contributed by atoms with van der Waals surface area (Å²) in [5, 5.41) is 0. The monoisotopic (exact) mass is 192 g/mol. The molecule has 0 radical (unpaired) electrons. The fourth-order valence-electron chi connectivity index (χ4n) is 1.29. The van der Waals surface area contributed by atoms with Crippen LogP contribution in [0.15, 0.2) is 24.3 Å². The van der Waals surface area contributed by atoms with Crippen LogP contribution in [0.3, 0.4) is 0 Å². The van der Waals surface area contributed by atoms with E-state index in [1.807, 2.05) is 31.2 Å². The van der Waals surface area contributed by atoms with Gasteiger partial charge in [0.05, 0.1) is 0 Å². The molecule has 2 nitrogen and oxygen atoms in total. The molecule has 1 aromatic carbocycles. The standard InChI is InChI=1S/C12H16O2/c1-2-14-9-3-4-11-5-7-12(10-13)8-6-11/h5-8,10H,2-4,9H2,1H3. The summed E-state index contributed by atoms with van der Waals surface area (Å²) in [4.78, 5) is 10.4. The molecule has 14 heavy (non-hydrogen) atoms. The van der Waals surface area contributed by atoms with Crippen molar-refractivity contribution in [2.24, 2.45) is 0 Å². The number of hydrogen-bond donors (Lipinski definition) is 0. The first kappa shape index (κ1) is 10.9. The van der Waals surface area contributed by atoms with Crippen LogP contribution in [0.2, 0.25) is 0 Å². The molecule has 0 aliphatic carbocycles. The van der Waals surface area contributed by atoms with Gasteiger partial charge in [-0.1, -0.05) is 24.3 Å². The Hall–Kier alpha value is -1.15. The molecule has 0 heterocycles. The van der Waals surface area contributed by atoms with Gasteiger partial charge in [-0.2, -0.15) is 0 Å². The lowest BCUT2D eigenvalue weighted by Gasteiger charge is -2.01. The molecule has 0 aliphatic heterocycles. The molecule has 0 spiro atoms. The lowest BCUT2D eigenvalue weighted by atomic mass is 10.1. The minimum Gasteiger partial charge on any atom is -0.382 e. The van der Waals surface area contributed by atoms with Gasteiger partial charge in [-0.05, 0) is 25.3 Å². The van der Waals surface area contributed by atoms with Gasteiger partial charge in [0.25, 0.3) is 0 Å². The average Bonchev–Trinajstić information content (AvgIpc) is 2.25. The van der Waals surface area contributed by atoms with Crippen molar-refractivity contribution in [2.45, 2.75) is 19.8 Å². The molecule has 2 heteroatoms. The van der Waals surface area contributed by atoms with E-state index >= 15 is 0 Å². The highest BCUT2D eigenvalue weighted by atomic mass is 16.5. The third-order valence-corrected chi connectivity index (χ3v) is 2.07. The van der Waals surface area contributed by atoms with Crippen molar-refractivity contribution >= 4 is 6.29 Å². The maximum atomic E-state index is 10.4. The van der Waals surface area contributed by atoms with Crippen molar-refractivity contribution in [2.75, 3.05) is 13.2 Å². The number of aryl methyl sites for hydroxylation is 1. The van der Waals surface area contributed by atoms with Gasteiger partial charge in [-0.25, -0.2) is 0 Å². The molecular formula is C12H16O2. The van der Waals surface area contributed by atoms with E-state index in [4.69, 9.17) is 4.74 Å². The van der Waals surface area contributed by atoms with Gasteiger partial charge in [-0.3, -0.25) is 4.79 Å². The predicted octanol–water partition coefficient (Wildman–Crippen LogP) is 2.47. The van der Waals surface area contributed by atoms with Crippen molar-refractivity contribution in [1.82, 2.24) is 0 Å². The van der Waals surface area contributed by atoms with Gasteiger partial charge in [0.15, 0.2) is 0 Å². The summed E-state index contributed by atoms with van der Waals surface area (Å²) in [5.41, 5.74) is 1.99. The molecule has 0 aliphatic rings. The summed E-state index contributed by atoms with van der Waals surface area (Å²) >= 11 is 0. The number of ether oxygens (including phenoxy) is 1. The first-order valence-corrected chi connectivity index (χ1v) is 4.98. The van der Waals surface area contributed by atoms with E-state index in [1.54, 1.807) is 0 Å². The van der Waals surface area contributed by atoms with Crippen LogP contribution < -0.4 is 0 Å². The second-order valence-electron chi connectivity index (χ2n) is 3.16. The summed E-state index contributed by atoms with van der Waals surface area (Å²) < 4.78 is 5.24. The van der Waals surface area contributed by atoms with Gasteiger partial charge in [0.2, 0.25) is 0 Å². The summed E-state index contributed by atoms with van der Waals surface area (Å²) in [6, 6.07) is 7.69. The van der Waals surface area contributed by atoms with E-state index in [0.717, 1.165) is 37.9 Å². The first-order valence-electron chi connectivity index (χ1n) is 4.98. The van der Waals surface area contributed by atoms with E-state index in [2.05, 4.69) is 0 Å². The summed E-state index contributed by atoms with van der Waals surface area (Å²) in [5.74, 6) is 0. The highest BCUT2D eigenvalue weighted by Gasteiger charge is 1.94. The Morgan fingerprint density at radius 3 is 2.57 bits per heavy atom. The number of carbonyl (C=O) groups excluding carboxylic acids is 1. The smallest absolute Gasteiger partial charge is 0.150 e. The SMILES string of the molecule is CCOCCCc1ccc(C=O)cc1. The summed E-state index contributed by atoms with van der Waals surface area (Å²) in [6.07, 6.45) is 2.91. The second-order valence-corrected chi connectivity index (χ2v) is 3.16. The van der Waals surface area contributed by atoms with Crippen LogP contribution in [0.25, 0.3) is 0 Å². The largest absolute Gasteiger partial charge is 0.382 e. The summed E-state index contributed by atoms with van der Waals surface area (Å²) in [6.45, 7) is 3.59. The van der Waals surface area contributed by atoms with Gasteiger partial charge in [0, 0.05) is 18.8 Å². The Balaban J connectivity index is 2.32. The van der Waals surface area contributed by atoms with Crippen molar-refractivity contribution in [3.63, 3.8) is 0 Å². The number of carbonyl (C=O) groups is 1. The normalized spacial score (nSPS) is 10.1. The molecule has 1 rings (SSSR count). The Bertz CT molecular complexity index is 264. The average molecular weight is 192 g/mol. The van der Waals surface area contributed by atoms with Gasteiger partial charge >= 0.3 is 0 Å². The van der Waals surface area contributed by atoms with Crippen molar-refractivity contribution in [3.8, 4) is 0 Å². The lowest BCUT2D eigenvalue weighted by molar-refractivity contribution is 0.112. The van der Waals surface area contributed by atoms with E-state index in [0.29, 0.717) is 0 Å². The maximum Gasteiger partial charge on any atom is 0.150 e. The number of benzene rings is 1. The van der Waals surface area contributed by atoms with Crippen LogP contribution in [-0.2, 0) is 11.2 Å². The molecule has 76 valence electrons. The van der Waals surface area contributed by atoms with Crippen LogP contribution in [-0.4, -0.2) is 19.5 Å². The Kier molecular flexibility index (Phi) is 4.94. The predicted molar refractivity (Wildman–Crippen MR) is 56.6 cm³/mol. The molecule has 0 fully saturated rings. The van der Waals surface area contributed by atoms with E-state index in [1.165, 1.54) is 5.56 Å². The molecule has 0 saturated heterocycles. The zero-order valence-corrected chi connectivity index (χ0v) is 8.53.